The second-order valence-corrected chi connectivity index (χ2v) is 11.5. The minimum atomic E-state index is -1.34. The molecule has 1 unspecified atom stereocenters. The van der Waals surface area contributed by atoms with Crippen LogP contribution < -0.4 is 9.64 Å². The first-order chi connectivity index (χ1) is 22.5. The first-order valence-corrected chi connectivity index (χ1v) is 15.2. The number of methoxy groups -OCH3 is 1. The van der Waals surface area contributed by atoms with Gasteiger partial charge in [-0.15, -0.1) is 0 Å². The van der Waals surface area contributed by atoms with Crippen LogP contribution in [-0.4, -0.2) is 58.0 Å². The highest BCUT2D eigenvalue weighted by molar-refractivity contribution is 6.09. The molecule has 1 spiro atoms. The topological polar surface area (TPSA) is 108 Å². The molecule has 2 aromatic heterocycles. The Balaban J connectivity index is 1.25. The van der Waals surface area contributed by atoms with E-state index >= 15 is 0 Å². The highest BCUT2D eigenvalue weighted by atomic mass is 16.6. The number of benzene rings is 3. The third kappa shape index (κ3) is 5.01. The fourth-order valence-electron chi connectivity index (χ4n) is 6.61. The molecule has 1 saturated heterocycles. The maximum Gasteiger partial charge on any atom is 0.414 e. The van der Waals surface area contributed by atoms with Crippen LogP contribution in [0.3, 0.4) is 0 Å². The summed E-state index contributed by atoms with van der Waals surface area (Å²) >= 11 is 0. The predicted molar refractivity (Wildman–Crippen MR) is 172 cm³/mol. The van der Waals surface area contributed by atoms with E-state index in [1.807, 2.05) is 72.9 Å². The second-order valence-electron chi connectivity index (χ2n) is 11.5. The highest BCUT2D eigenvalue weighted by Gasteiger charge is 2.60. The van der Waals surface area contributed by atoms with Gasteiger partial charge in [0, 0.05) is 60.6 Å². The van der Waals surface area contributed by atoms with Crippen LogP contribution in [0.4, 0.5) is 15.3 Å². The summed E-state index contributed by atoms with van der Waals surface area (Å²) in [7, 11) is 1.55. The molecule has 5 aromatic rings. The van der Waals surface area contributed by atoms with Crippen molar-refractivity contribution in [3.63, 3.8) is 0 Å². The number of hydrogen-bond acceptors (Lipinski definition) is 6. The quantitative estimate of drug-likeness (QED) is 0.214. The largest absolute Gasteiger partial charge is 0.497 e. The summed E-state index contributed by atoms with van der Waals surface area (Å²) in [5, 5.41) is 1.06. The molecule has 46 heavy (non-hydrogen) atoms. The number of imide groups is 1. The average Bonchev–Trinajstić information content (AvgIpc) is 3.60. The number of rotatable bonds is 8. The first-order valence-electron chi connectivity index (χ1n) is 15.2. The molecule has 4 amide bonds. The lowest BCUT2D eigenvalue weighted by Gasteiger charge is -2.43. The van der Waals surface area contributed by atoms with Gasteiger partial charge < -0.3 is 19.4 Å². The van der Waals surface area contributed by atoms with Crippen molar-refractivity contribution in [3.8, 4) is 5.75 Å². The number of anilines is 1. The van der Waals surface area contributed by atoms with Crippen molar-refractivity contribution >= 4 is 34.6 Å². The molecule has 0 aliphatic carbocycles. The van der Waals surface area contributed by atoms with Crippen LogP contribution >= 0.6 is 0 Å². The van der Waals surface area contributed by atoms with E-state index in [0.717, 1.165) is 27.6 Å². The van der Waals surface area contributed by atoms with E-state index < -0.39 is 11.6 Å². The molecule has 10 nitrogen and oxygen atoms in total. The zero-order chi connectivity index (χ0) is 31.7. The van der Waals surface area contributed by atoms with E-state index in [9.17, 15) is 14.4 Å². The van der Waals surface area contributed by atoms with E-state index in [0.29, 0.717) is 23.4 Å². The summed E-state index contributed by atoms with van der Waals surface area (Å²) < 4.78 is 11.2. The lowest BCUT2D eigenvalue weighted by Crippen LogP contribution is -2.53. The van der Waals surface area contributed by atoms with Crippen LogP contribution in [0, 0.1) is 0 Å². The van der Waals surface area contributed by atoms with E-state index in [1.165, 1.54) is 9.80 Å². The van der Waals surface area contributed by atoms with Gasteiger partial charge in [0.05, 0.1) is 19.3 Å². The van der Waals surface area contributed by atoms with E-state index in [4.69, 9.17) is 9.47 Å². The van der Waals surface area contributed by atoms with Gasteiger partial charge in [0.1, 0.15) is 12.4 Å². The van der Waals surface area contributed by atoms with Crippen molar-refractivity contribution in [3.05, 3.63) is 126 Å². The number of urea groups is 1. The fourth-order valence-corrected chi connectivity index (χ4v) is 6.61. The van der Waals surface area contributed by atoms with Crippen LogP contribution in [0.15, 0.2) is 104 Å². The number of carbonyl (C=O) groups excluding carboxylic acids is 3. The number of H-pyrrole nitrogens is 1. The molecule has 10 heteroatoms. The number of carbonyl (C=O) groups is 3. The van der Waals surface area contributed by atoms with Crippen LogP contribution in [0.1, 0.15) is 28.7 Å². The second kappa shape index (κ2) is 12.0. The minimum Gasteiger partial charge on any atom is -0.497 e. The molecule has 2 aliphatic rings. The Hall–Kier alpha value is -5.64. The molecule has 0 saturated carbocycles. The number of nitrogens with one attached hydrogen (secondary N) is 1. The Bertz CT molecular complexity index is 1910. The van der Waals surface area contributed by atoms with Crippen molar-refractivity contribution < 1.29 is 23.9 Å². The molecule has 1 fully saturated rings. The third-order valence-corrected chi connectivity index (χ3v) is 8.93. The maximum absolute atomic E-state index is 14.7. The monoisotopic (exact) mass is 615 g/mol. The molecule has 3 aromatic carbocycles. The summed E-state index contributed by atoms with van der Waals surface area (Å²) in [6, 6.07) is 26.0. The Kier molecular flexibility index (Phi) is 7.61. The molecule has 7 rings (SSSR count). The van der Waals surface area contributed by atoms with Gasteiger partial charge in [-0.05, 0) is 41.3 Å². The van der Waals surface area contributed by atoms with E-state index in [-0.39, 0.29) is 44.6 Å². The summed E-state index contributed by atoms with van der Waals surface area (Å²) in [6.07, 6.45) is 5.45. The van der Waals surface area contributed by atoms with Gasteiger partial charge in [0.15, 0.2) is 5.54 Å². The number of fused-ring (bicyclic) bond motifs is 3. The van der Waals surface area contributed by atoms with E-state index in [1.54, 1.807) is 42.6 Å². The van der Waals surface area contributed by atoms with Crippen molar-refractivity contribution in [2.24, 2.45) is 0 Å². The first kappa shape index (κ1) is 29.1. The highest BCUT2D eigenvalue weighted by Crippen LogP contribution is 2.49. The minimum absolute atomic E-state index is 0.104. The maximum atomic E-state index is 14.7. The molecule has 2 aliphatic heterocycles. The van der Waals surface area contributed by atoms with Gasteiger partial charge in [0.25, 0.3) is 5.91 Å². The van der Waals surface area contributed by atoms with Crippen molar-refractivity contribution in [2.45, 2.75) is 31.5 Å². The van der Waals surface area contributed by atoms with Crippen LogP contribution in [0.5, 0.6) is 5.75 Å². The van der Waals surface area contributed by atoms with Gasteiger partial charge in [-0.1, -0.05) is 60.7 Å². The van der Waals surface area contributed by atoms with Gasteiger partial charge in [0.2, 0.25) is 0 Å². The smallest absolute Gasteiger partial charge is 0.414 e. The SMILES string of the molecule is COc1ccc2c(c1)N(C(=O)OCc1ccccc1)CCC21C(=O)N(CCc2c[nH]c3ccccc23)C(=O)N1Cc1cccnc1. The zero-order valence-corrected chi connectivity index (χ0v) is 25.4. The molecule has 232 valence electrons. The number of aromatic nitrogens is 2. The number of hydrogen-bond donors (Lipinski definition) is 1. The zero-order valence-electron chi connectivity index (χ0n) is 25.4. The number of aromatic amines is 1. The van der Waals surface area contributed by atoms with Crippen LogP contribution in [-0.2, 0) is 34.6 Å². The number of amides is 4. The summed E-state index contributed by atoms with van der Waals surface area (Å²) in [5.41, 5.74) is 3.36. The Morgan fingerprint density at radius 1 is 0.978 bits per heavy atom. The molecule has 0 radical (unpaired) electrons. The predicted octanol–water partition coefficient (Wildman–Crippen LogP) is 6.02. The Labute approximate surface area is 266 Å². The van der Waals surface area contributed by atoms with Crippen molar-refractivity contribution in [1.82, 2.24) is 19.8 Å². The van der Waals surface area contributed by atoms with Crippen molar-refractivity contribution in [1.29, 1.82) is 0 Å². The molecule has 4 heterocycles. The number of ether oxygens (including phenoxy) is 2. The number of para-hydroxylation sites is 1. The number of nitrogens with zero attached hydrogens (tertiary/aromatic N) is 4. The molecular weight excluding hydrogens is 582 g/mol. The Morgan fingerprint density at radius 2 is 1.78 bits per heavy atom. The Morgan fingerprint density at radius 3 is 2.59 bits per heavy atom. The van der Waals surface area contributed by atoms with Crippen LogP contribution in [0.25, 0.3) is 10.9 Å². The van der Waals surface area contributed by atoms with Gasteiger partial charge in [-0.2, -0.15) is 0 Å². The fraction of sp³-hybridized carbons (Fsp3) is 0.222. The number of pyridine rings is 1. The lowest BCUT2D eigenvalue weighted by atomic mass is 9.80. The molecule has 1 atom stereocenters. The summed E-state index contributed by atoms with van der Waals surface area (Å²) in [6.45, 7) is 0.643. The van der Waals surface area contributed by atoms with Gasteiger partial charge >= 0.3 is 12.1 Å². The van der Waals surface area contributed by atoms with Gasteiger partial charge in [-0.3, -0.25) is 19.6 Å². The summed E-state index contributed by atoms with van der Waals surface area (Å²) in [4.78, 5) is 54.6. The molecule has 1 N–H and O–H groups in total. The van der Waals surface area contributed by atoms with Crippen molar-refractivity contribution in [2.75, 3.05) is 25.1 Å². The molecule has 0 bridgehead atoms. The average molecular weight is 616 g/mol. The standard InChI is InChI=1S/C36H33N5O5/c1-45-28-13-14-30-32(20-28)39(35(44)46-24-25-8-3-2-4-9-25)19-16-36(30)33(42)40(34(43)41(36)23-26-10-7-17-37-21-26)18-15-27-22-38-31-12-6-5-11-29(27)31/h2-14,17,20-22,38H,15-16,18-19,23-24H2,1H3. The van der Waals surface area contributed by atoms with Crippen LogP contribution in [0.2, 0.25) is 0 Å². The normalized spacial score (nSPS) is 17.5. The molecular formula is C36H33N5O5. The summed E-state index contributed by atoms with van der Waals surface area (Å²) in [5.74, 6) is 0.202. The van der Waals surface area contributed by atoms with Gasteiger partial charge in [-0.25, -0.2) is 9.59 Å². The van der Waals surface area contributed by atoms with E-state index in [2.05, 4.69) is 9.97 Å². The third-order valence-electron chi connectivity index (χ3n) is 8.93. The lowest BCUT2D eigenvalue weighted by molar-refractivity contribution is -0.134.